The highest BCUT2D eigenvalue weighted by Gasteiger charge is 2.33. The summed E-state index contributed by atoms with van der Waals surface area (Å²) in [5.41, 5.74) is 2.20. The van der Waals surface area contributed by atoms with Crippen LogP contribution in [0.15, 0.2) is 91.0 Å². The number of nitrogens with zero attached hydrogens (tertiary/aromatic N) is 1. The normalized spacial score (nSPS) is 13.1. The molecule has 1 N–H and O–H groups in total. The van der Waals surface area contributed by atoms with Gasteiger partial charge in [-0.15, -0.1) is 0 Å². The van der Waals surface area contributed by atoms with Crippen molar-refractivity contribution in [2.24, 2.45) is 5.92 Å². The smallest absolute Gasteiger partial charge is 0.329 e. The fourth-order valence-electron chi connectivity index (χ4n) is 4.15. The third-order valence-electron chi connectivity index (χ3n) is 5.67. The zero-order valence-corrected chi connectivity index (χ0v) is 22.0. The summed E-state index contributed by atoms with van der Waals surface area (Å²) in [5.74, 6) is -0.424. The molecule has 0 bridgehead atoms. The molecule has 0 aliphatic carbocycles. The van der Waals surface area contributed by atoms with Crippen molar-refractivity contribution in [1.29, 1.82) is 0 Å². The SMILES string of the molecule is CC(C)C[C@H](NC(=O)[C@@H]([11CH2]c1ccccc1)N(c1ccccc1)c1ccccc1)C(=O)OC(C)(C)C. The Bertz CT molecular complexity index is 1050. The summed E-state index contributed by atoms with van der Waals surface area (Å²) in [6, 6.07) is 28.4. The average molecular weight is 486 g/mol. The van der Waals surface area contributed by atoms with Crippen molar-refractivity contribution >= 4 is 23.3 Å². The van der Waals surface area contributed by atoms with Crippen molar-refractivity contribution in [2.75, 3.05) is 4.90 Å². The van der Waals surface area contributed by atoms with Crippen molar-refractivity contribution in [1.82, 2.24) is 5.32 Å². The topological polar surface area (TPSA) is 58.6 Å². The van der Waals surface area contributed by atoms with Gasteiger partial charge in [0.05, 0.1) is 0 Å². The molecule has 190 valence electrons. The van der Waals surface area contributed by atoms with Gasteiger partial charge in [-0.1, -0.05) is 80.6 Å². The number of anilines is 2. The molecule has 0 aliphatic heterocycles. The summed E-state index contributed by atoms with van der Waals surface area (Å²) in [6.45, 7) is 9.58. The summed E-state index contributed by atoms with van der Waals surface area (Å²) in [6.07, 6.45) is 0.967. The maximum atomic E-state index is 14.0. The van der Waals surface area contributed by atoms with E-state index in [9.17, 15) is 9.59 Å². The summed E-state index contributed by atoms with van der Waals surface area (Å²) in [7, 11) is 0. The van der Waals surface area contributed by atoms with Crippen LogP contribution in [0.25, 0.3) is 0 Å². The Labute approximate surface area is 215 Å². The van der Waals surface area contributed by atoms with Crippen LogP contribution in [-0.2, 0) is 20.7 Å². The van der Waals surface area contributed by atoms with Crippen LogP contribution in [-0.4, -0.2) is 29.6 Å². The lowest BCUT2D eigenvalue weighted by atomic mass is 9.71. The van der Waals surface area contributed by atoms with E-state index in [0.29, 0.717) is 12.8 Å². The van der Waals surface area contributed by atoms with E-state index in [-0.39, 0.29) is 11.8 Å². The molecule has 1 amide bonds. The van der Waals surface area contributed by atoms with E-state index < -0.39 is 23.7 Å². The fraction of sp³-hybridized carbons (Fsp3) is 0.355. The first kappa shape index (κ1) is 27.0. The van der Waals surface area contributed by atoms with Crippen LogP contribution < -0.4 is 10.2 Å². The molecule has 0 saturated carbocycles. The number of rotatable bonds is 10. The second-order valence-electron chi connectivity index (χ2n) is 10.5. The minimum atomic E-state index is -0.733. The van der Waals surface area contributed by atoms with E-state index in [0.717, 1.165) is 16.9 Å². The average Bonchev–Trinajstić information content (AvgIpc) is 2.84. The minimum absolute atomic E-state index is 0.203. The van der Waals surface area contributed by atoms with Gasteiger partial charge in [-0.3, -0.25) is 4.79 Å². The first-order valence-corrected chi connectivity index (χ1v) is 12.6. The van der Waals surface area contributed by atoms with Gasteiger partial charge in [0.25, 0.3) is 0 Å². The minimum Gasteiger partial charge on any atom is -0.458 e. The van der Waals surface area contributed by atoms with Crippen molar-refractivity contribution in [3.8, 4) is 0 Å². The molecule has 36 heavy (non-hydrogen) atoms. The highest BCUT2D eigenvalue weighted by Crippen LogP contribution is 2.29. The number of nitrogens with one attached hydrogen (secondary N) is 1. The van der Waals surface area contributed by atoms with Crippen molar-refractivity contribution in [2.45, 2.75) is 65.1 Å². The Balaban J connectivity index is 2.01. The highest BCUT2D eigenvalue weighted by molar-refractivity contribution is 5.92. The van der Waals surface area contributed by atoms with Crippen molar-refractivity contribution in [3.05, 3.63) is 96.6 Å². The van der Waals surface area contributed by atoms with Crippen LogP contribution in [0.3, 0.4) is 0 Å². The second-order valence-corrected chi connectivity index (χ2v) is 10.5. The molecule has 0 radical (unpaired) electrons. The van der Waals surface area contributed by atoms with Gasteiger partial charge in [0.15, 0.2) is 0 Å². The number of para-hydroxylation sites is 2. The van der Waals surface area contributed by atoms with Gasteiger partial charge in [0.1, 0.15) is 17.7 Å². The number of hydrogen-bond acceptors (Lipinski definition) is 4. The molecule has 0 aliphatic rings. The maximum absolute atomic E-state index is 14.0. The molecule has 5 nitrogen and oxygen atoms in total. The van der Waals surface area contributed by atoms with E-state index in [2.05, 4.69) is 5.32 Å². The molecular weight excluding hydrogens is 447 g/mol. The molecule has 0 saturated heterocycles. The molecule has 3 aromatic rings. The Morgan fingerprint density at radius 2 is 1.28 bits per heavy atom. The molecule has 0 spiro atoms. The van der Waals surface area contributed by atoms with Crippen LogP contribution in [0.5, 0.6) is 0 Å². The maximum Gasteiger partial charge on any atom is 0.329 e. The standard InChI is InChI=1S/C31H38N2O3/c1-23(2)21-27(30(35)36-31(3,4)5)32-29(34)28(22-24-15-9-6-10-16-24)33(25-17-11-7-12-18-25)26-19-13-8-14-20-26/h6-20,23,27-28H,21-22H2,1-5H3,(H,32,34)/t27-,28+/m0/s1/i22-1. The Morgan fingerprint density at radius 1 is 0.806 bits per heavy atom. The van der Waals surface area contributed by atoms with Gasteiger partial charge in [-0.05, 0) is 62.9 Å². The number of ether oxygens (including phenoxy) is 1. The second kappa shape index (κ2) is 12.4. The fourth-order valence-corrected chi connectivity index (χ4v) is 4.15. The van der Waals surface area contributed by atoms with E-state index in [4.69, 9.17) is 4.74 Å². The predicted octanol–water partition coefficient (Wildman–Crippen LogP) is 6.31. The van der Waals surface area contributed by atoms with Gasteiger partial charge in [0.2, 0.25) is 5.91 Å². The number of amides is 1. The zero-order valence-electron chi connectivity index (χ0n) is 22.0. The van der Waals surface area contributed by atoms with Crippen LogP contribution >= 0.6 is 0 Å². The van der Waals surface area contributed by atoms with Crippen LogP contribution in [0, 0.1) is 5.92 Å². The molecule has 3 aromatic carbocycles. The van der Waals surface area contributed by atoms with Gasteiger partial charge in [0, 0.05) is 17.8 Å². The van der Waals surface area contributed by atoms with Gasteiger partial charge < -0.3 is 15.0 Å². The summed E-state index contributed by atoms with van der Waals surface area (Å²) < 4.78 is 5.66. The molecule has 0 unspecified atom stereocenters. The van der Waals surface area contributed by atoms with Crippen molar-refractivity contribution in [3.63, 3.8) is 0 Å². The van der Waals surface area contributed by atoms with Crippen LogP contribution in [0.2, 0.25) is 0 Å². The molecule has 2 atom stereocenters. The number of carbonyl (C=O) groups excluding carboxylic acids is 2. The number of esters is 1. The molecule has 0 aromatic heterocycles. The highest BCUT2D eigenvalue weighted by atomic mass is 16.6. The first-order valence-electron chi connectivity index (χ1n) is 12.6. The largest absolute Gasteiger partial charge is 0.458 e. The van der Waals surface area contributed by atoms with Gasteiger partial charge in [-0.2, -0.15) is 0 Å². The zero-order chi connectivity index (χ0) is 26.1. The quantitative estimate of drug-likeness (QED) is 0.342. The van der Waals surface area contributed by atoms with Gasteiger partial charge >= 0.3 is 5.97 Å². The van der Waals surface area contributed by atoms with Gasteiger partial charge in [-0.25, -0.2) is 4.79 Å². The molecule has 0 fully saturated rings. The van der Waals surface area contributed by atoms with E-state index in [1.807, 2.05) is 131 Å². The Morgan fingerprint density at radius 3 is 1.72 bits per heavy atom. The number of benzene rings is 3. The summed E-state index contributed by atoms with van der Waals surface area (Å²) in [4.78, 5) is 29.2. The van der Waals surface area contributed by atoms with E-state index >= 15 is 0 Å². The number of hydrogen-bond donors (Lipinski definition) is 1. The van der Waals surface area contributed by atoms with Crippen LogP contribution in [0.4, 0.5) is 11.4 Å². The third-order valence-corrected chi connectivity index (χ3v) is 5.67. The predicted molar refractivity (Wildman–Crippen MR) is 146 cm³/mol. The lowest BCUT2D eigenvalue weighted by molar-refractivity contribution is -0.159. The van der Waals surface area contributed by atoms with E-state index in [1.54, 1.807) is 0 Å². The Hall–Kier alpha value is -3.60. The Kier molecular flexibility index (Phi) is 9.29. The lowest BCUT2D eigenvalue weighted by Crippen LogP contribution is -2.52. The number of carbonyl (C=O) groups is 2. The molecular formula is C31H38N2O3. The third kappa shape index (κ3) is 7.98. The molecule has 0 heterocycles. The lowest BCUT2D eigenvalue weighted by Gasteiger charge is -2.34. The molecule has 5 heteroatoms. The van der Waals surface area contributed by atoms with Crippen LogP contribution in [0.1, 0.15) is 46.6 Å². The monoisotopic (exact) mass is 485 g/mol. The van der Waals surface area contributed by atoms with E-state index in [1.165, 1.54) is 0 Å². The van der Waals surface area contributed by atoms with Crippen molar-refractivity contribution < 1.29 is 14.3 Å². The summed E-state index contributed by atoms with van der Waals surface area (Å²) in [5, 5.41) is 3.06. The summed E-state index contributed by atoms with van der Waals surface area (Å²) >= 11 is 0. The molecule has 3 rings (SSSR count). The first-order chi connectivity index (χ1) is 17.1.